The molecule has 1 aromatic carbocycles. The zero-order valence-electron chi connectivity index (χ0n) is 16.3. The molecule has 0 radical (unpaired) electrons. The highest BCUT2D eigenvalue weighted by atomic mass is 16.5. The zero-order chi connectivity index (χ0) is 19.3. The molecule has 0 atom stereocenters. The van der Waals surface area contributed by atoms with Crippen LogP contribution in [0.25, 0.3) is 0 Å². The predicted octanol–water partition coefficient (Wildman–Crippen LogP) is 2.22. The van der Waals surface area contributed by atoms with E-state index in [0.29, 0.717) is 31.9 Å². The number of morpholine rings is 1. The number of hydrogen-bond donors (Lipinski definition) is 0. The van der Waals surface area contributed by atoms with Crippen molar-refractivity contribution in [2.24, 2.45) is 0 Å². The van der Waals surface area contributed by atoms with Crippen molar-refractivity contribution in [3.8, 4) is 5.75 Å². The molecule has 0 bridgehead atoms. The fourth-order valence-corrected chi connectivity index (χ4v) is 4.12. The number of piperidine rings is 1. The maximum atomic E-state index is 12.7. The van der Waals surface area contributed by atoms with Gasteiger partial charge < -0.3 is 24.2 Å². The lowest BCUT2D eigenvalue weighted by molar-refractivity contribution is 0.0302. The van der Waals surface area contributed by atoms with E-state index in [9.17, 15) is 9.59 Å². The molecular formula is C21H29N3O4. The Balaban J connectivity index is 1.30. The summed E-state index contributed by atoms with van der Waals surface area (Å²) in [5.74, 6) is 0.753. The molecular weight excluding hydrogens is 358 g/mol. The first-order valence-corrected chi connectivity index (χ1v) is 10.4. The van der Waals surface area contributed by atoms with Crippen molar-refractivity contribution in [2.75, 3.05) is 52.5 Å². The fourth-order valence-electron chi connectivity index (χ4n) is 4.12. The van der Waals surface area contributed by atoms with Gasteiger partial charge in [-0.3, -0.25) is 4.79 Å². The lowest BCUT2D eigenvalue weighted by Gasteiger charge is -2.34. The Morgan fingerprint density at radius 3 is 2.29 bits per heavy atom. The molecule has 0 saturated carbocycles. The van der Waals surface area contributed by atoms with Crippen LogP contribution in [0.5, 0.6) is 5.75 Å². The molecule has 0 aromatic heterocycles. The molecule has 0 N–H and O–H groups in total. The van der Waals surface area contributed by atoms with Crippen LogP contribution in [-0.2, 0) is 4.74 Å². The van der Waals surface area contributed by atoms with Crippen LogP contribution in [0.4, 0.5) is 4.79 Å². The summed E-state index contributed by atoms with van der Waals surface area (Å²) in [5.41, 5.74) is 0.654. The summed E-state index contributed by atoms with van der Waals surface area (Å²) >= 11 is 0. The molecule has 3 aliphatic rings. The second-order valence-corrected chi connectivity index (χ2v) is 7.71. The van der Waals surface area contributed by atoms with Crippen LogP contribution in [0.2, 0.25) is 0 Å². The quantitative estimate of drug-likeness (QED) is 0.798. The first kappa shape index (κ1) is 19.1. The minimum absolute atomic E-state index is 0.0276. The first-order valence-electron chi connectivity index (χ1n) is 10.4. The number of ether oxygens (including phenoxy) is 2. The average molecular weight is 387 g/mol. The number of rotatable bonds is 3. The molecule has 4 rings (SSSR count). The van der Waals surface area contributed by atoms with Gasteiger partial charge in [-0.2, -0.15) is 0 Å². The third-order valence-electron chi connectivity index (χ3n) is 5.77. The van der Waals surface area contributed by atoms with E-state index in [0.717, 1.165) is 57.6 Å². The van der Waals surface area contributed by atoms with Gasteiger partial charge in [0, 0.05) is 57.7 Å². The summed E-state index contributed by atoms with van der Waals surface area (Å²) in [5, 5.41) is 0. The first-order chi connectivity index (χ1) is 13.7. The van der Waals surface area contributed by atoms with E-state index < -0.39 is 0 Å². The summed E-state index contributed by atoms with van der Waals surface area (Å²) in [6.07, 6.45) is 3.95. The summed E-state index contributed by atoms with van der Waals surface area (Å²) in [4.78, 5) is 30.9. The van der Waals surface area contributed by atoms with Crippen LogP contribution < -0.4 is 4.74 Å². The SMILES string of the molecule is O=C(c1cccc(OC2CCN(C(=O)N3CCCC3)CC2)c1)N1CCOCC1. The highest BCUT2D eigenvalue weighted by molar-refractivity contribution is 5.94. The van der Waals surface area contributed by atoms with E-state index in [2.05, 4.69) is 0 Å². The van der Waals surface area contributed by atoms with Crippen LogP contribution in [0, 0.1) is 0 Å². The van der Waals surface area contributed by atoms with Gasteiger partial charge in [-0.05, 0) is 31.0 Å². The van der Waals surface area contributed by atoms with Gasteiger partial charge in [0.25, 0.3) is 5.91 Å². The van der Waals surface area contributed by atoms with Gasteiger partial charge >= 0.3 is 6.03 Å². The molecule has 0 aliphatic carbocycles. The maximum Gasteiger partial charge on any atom is 0.320 e. The number of urea groups is 1. The second-order valence-electron chi connectivity index (χ2n) is 7.71. The summed E-state index contributed by atoms with van der Waals surface area (Å²) in [6.45, 7) is 5.69. The van der Waals surface area contributed by atoms with Gasteiger partial charge in [-0.15, -0.1) is 0 Å². The van der Waals surface area contributed by atoms with E-state index in [4.69, 9.17) is 9.47 Å². The predicted molar refractivity (Wildman–Crippen MR) is 105 cm³/mol. The average Bonchev–Trinajstić information content (AvgIpc) is 3.29. The van der Waals surface area contributed by atoms with Crippen LogP contribution in [0.1, 0.15) is 36.0 Å². The lowest BCUT2D eigenvalue weighted by atomic mass is 10.1. The second kappa shape index (κ2) is 8.82. The maximum absolute atomic E-state index is 12.7. The Morgan fingerprint density at radius 1 is 0.893 bits per heavy atom. The van der Waals surface area contributed by atoms with Crippen LogP contribution in [-0.4, -0.2) is 85.2 Å². The van der Waals surface area contributed by atoms with Crippen molar-refractivity contribution in [3.63, 3.8) is 0 Å². The molecule has 0 unspecified atom stereocenters. The van der Waals surface area contributed by atoms with Crippen molar-refractivity contribution in [3.05, 3.63) is 29.8 Å². The van der Waals surface area contributed by atoms with Crippen molar-refractivity contribution >= 4 is 11.9 Å². The summed E-state index contributed by atoms with van der Waals surface area (Å²) in [7, 11) is 0. The Hall–Kier alpha value is -2.28. The molecule has 3 heterocycles. The van der Waals surface area contributed by atoms with E-state index in [-0.39, 0.29) is 18.0 Å². The van der Waals surface area contributed by atoms with Gasteiger partial charge in [-0.1, -0.05) is 6.07 Å². The molecule has 28 heavy (non-hydrogen) atoms. The standard InChI is InChI=1S/C21H29N3O4/c25-20(22-12-14-27-15-13-22)17-4-3-5-19(16-17)28-18-6-10-24(11-7-18)21(26)23-8-1-2-9-23/h3-5,16,18H,1-2,6-15H2. The number of likely N-dealkylation sites (tertiary alicyclic amines) is 2. The number of carbonyl (C=O) groups is 2. The monoisotopic (exact) mass is 387 g/mol. The molecule has 0 spiro atoms. The van der Waals surface area contributed by atoms with Crippen LogP contribution in [0.3, 0.4) is 0 Å². The Labute approximate surface area is 166 Å². The lowest BCUT2D eigenvalue weighted by Crippen LogP contribution is -2.47. The Morgan fingerprint density at radius 2 is 1.57 bits per heavy atom. The molecule has 3 amide bonds. The normalized spacial score (nSPS) is 21.1. The largest absolute Gasteiger partial charge is 0.490 e. The van der Waals surface area contributed by atoms with Crippen molar-refractivity contribution in [1.82, 2.24) is 14.7 Å². The topological polar surface area (TPSA) is 62.3 Å². The zero-order valence-corrected chi connectivity index (χ0v) is 16.3. The Kier molecular flexibility index (Phi) is 6.00. The number of hydrogen-bond acceptors (Lipinski definition) is 4. The minimum Gasteiger partial charge on any atom is -0.490 e. The third-order valence-corrected chi connectivity index (χ3v) is 5.77. The molecule has 3 fully saturated rings. The van der Waals surface area contributed by atoms with Crippen LogP contribution >= 0.6 is 0 Å². The third kappa shape index (κ3) is 4.41. The minimum atomic E-state index is 0.0276. The fraction of sp³-hybridized carbons (Fsp3) is 0.619. The van der Waals surface area contributed by atoms with E-state index in [1.807, 2.05) is 39.0 Å². The van der Waals surface area contributed by atoms with Crippen molar-refractivity contribution in [1.29, 1.82) is 0 Å². The highest BCUT2D eigenvalue weighted by Crippen LogP contribution is 2.22. The van der Waals surface area contributed by atoms with Gasteiger partial charge in [0.15, 0.2) is 0 Å². The van der Waals surface area contributed by atoms with Gasteiger partial charge in [0.05, 0.1) is 13.2 Å². The van der Waals surface area contributed by atoms with Crippen LogP contribution in [0.15, 0.2) is 24.3 Å². The molecule has 7 heteroatoms. The summed E-state index contributed by atoms with van der Waals surface area (Å²) < 4.78 is 11.5. The van der Waals surface area contributed by atoms with Gasteiger partial charge in [0.1, 0.15) is 11.9 Å². The molecule has 7 nitrogen and oxygen atoms in total. The van der Waals surface area contributed by atoms with Crippen molar-refractivity contribution < 1.29 is 19.1 Å². The molecule has 152 valence electrons. The number of nitrogens with zero attached hydrogens (tertiary/aromatic N) is 3. The van der Waals surface area contributed by atoms with Gasteiger partial charge in [-0.25, -0.2) is 4.79 Å². The Bertz CT molecular complexity index is 691. The van der Waals surface area contributed by atoms with E-state index in [1.54, 1.807) is 0 Å². The highest BCUT2D eigenvalue weighted by Gasteiger charge is 2.28. The van der Waals surface area contributed by atoms with Crippen molar-refractivity contribution in [2.45, 2.75) is 31.8 Å². The molecule has 3 aliphatic heterocycles. The molecule has 3 saturated heterocycles. The van der Waals surface area contributed by atoms with E-state index in [1.165, 1.54) is 0 Å². The number of carbonyl (C=O) groups excluding carboxylic acids is 2. The smallest absolute Gasteiger partial charge is 0.320 e. The molecule has 1 aromatic rings. The summed E-state index contributed by atoms with van der Waals surface area (Å²) in [6, 6.07) is 7.61. The van der Waals surface area contributed by atoms with Gasteiger partial charge in [0.2, 0.25) is 0 Å². The number of amides is 3. The number of benzene rings is 1. The van der Waals surface area contributed by atoms with E-state index >= 15 is 0 Å².